The zero-order valence-electron chi connectivity index (χ0n) is 15.5. The van der Waals surface area contributed by atoms with Gasteiger partial charge in [0.1, 0.15) is 0 Å². The van der Waals surface area contributed by atoms with Crippen molar-refractivity contribution >= 4 is 0 Å². The van der Waals surface area contributed by atoms with E-state index >= 15 is 0 Å². The van der Waals surface area contributed by atoms with Gasteiger partial charge in [-0.2, -0.15) is 0 Å². The highest BCUT2D eigenvalue weighted by atomic mass is 15.5. The molecule has 0 fully saturated rings. The third kappa shape index (κ3) is 4.65. The molecule has 130 valence electrons. The second-order valence-corrected chi connectivity index (χ2v) is 8.00. The molecule has 0 atom stereocenters. The molecule has 0 unspecified atom stereocenters. The minimum atomic E-state index is -0.0857. The summed E-state index contributed by atoms with van der Waals surface area (Å²) in [6, 6.07) is 0. The van der Waals surface area contributed by atoms with Gasteiger partial charge in [-0.05, 0) is 41.5 Å². The van der Waals surface area contributed by atoms with Crippen molar-refractivity contribution in [1.29, 1.82) is 0 Å². The molecular weight excluding hydrogens is 302 g/mol. The van der Waals surface area contributed by atoms with Gasteiger partial charge in [0.25, 0.3) is 0 Å². The Kier molecular flexibility index (Phi) is 5.09. The molecule has 7 heteroatoms. The zero-order valence-corrected chi connectivity index (χ0v) is 15.5. The van der Waals surface area contributed by atoms with Crippen molar-refractivity contribution in [1.82, 2.24) is 34.9 Å². The van der Waals surface area contributed by atoms with Gasteiger partial charge in [-0.3, -0.25) is 4.90 Å². The molecule has 2 rings (SSSR count). The van der Waals surface area contributed by atoms with Crippen molar-refractivity contribution in [3.05, 3.63) is 23.8 Å². The summed E-state index contributed by atoms with van der Waals surface area (Å²) in [4.78, 5) is 2.11. The van der Waals surface area contributed by atoms with Crippen LogP contribution >= 0.6 is 0 Å². The lowest BCUT2D eigenvalue weighted by atomic mass is 10.1. The minimum Gasteiger partial charge on any atom is -0.280 e. The molecule has 0 amide bonds. The first-order chi connectivity index (χ1) is 11.1. The van der Waals surface area contributed by atoms with Crippen molar-refractivity contribution in [2.45, 2.75) is 65.7 Å². The first kappa shape index (κ1) is 18.1. The molecule has 2 aromatic heterocycles. The molecule has 0 spiro atoms. The summed E-state index contributed by atoms with van der Waals surface area (Å²) >= 11 is 0. The topological polar surface area (TPSA) is 64.7 Å². The third-order valence-electron chi connectivity index (χ3n) is 3.54. The van der Waals surface area contributed by atoms with E-state index < -0.39 is 0 Å². The van der Waals surface area contributed by atoms with Crippen molar-refractivity contribution in [3.8, 4) is 12.3 Å². The van der Waals surface area contributed by atoms with Crippen LogP contribution in [0.1, 0.15) is 52.9 Å². The highest BCUT2D eigenvalue weighted by Gasteiger charge is 2.18. The van der Waals surface area contributed by atoms with Crippen LogP contribution in [0.3, 0.4) is 0 Å². The van der Waals surface area contributed by atoms with Crippen LogP contribution in [0.15, 0.2) is 12.4 Å². The molecule has 0 N–H and O–H groups in total. The predicted molar refractivity (Wildman–Crippen MR) is 93.0 cm³/mol. The Hall–Kier alpha value is -2.20. The van der Waals surface area contributed by atoms with Gasteiger partial charge in [0.15, 0.2) is 0 Å². The molecule has 0 aliphatic heterocycles. The normalized spacial score (nSPS) is 12.6. The largest absolute Gasteiger partial charge is 0.280 e. The van der Waals surface area contributed by atoms with Gasteiger partial charge in [0.05, 0.1) is 41.4 Å². The van der Waals surface area contributed by atoms with E-state index in [4.69, 9.17) is 6.42 Å². The van der Waals surface area contributed by atoms with Gasteiger partial charge in [0, 0.05) is 13.1 Å². The van der Waals surface area contributed by atoms with E-state index in [-0.39, 0.29) is 11.1 Å². The Morgan fingerprint density at radius 3 is 1.62 bits per heavy atom. The Balaban J connectivity index is 2.08. The van der Waals surface area contributed by atoms with Crippen LogP contribution in [0.25, 0.3) is 0 Å². The Labute approximate surface area is 144 Å². The molecule has 0 radical (unpaired) electrons. The molecule has 0 saturated heterocycles. The maximum Gasteiger partial charge on any atom is 0.0967 e. The highest BCUT2D eigenvalue weighted by Crippen LogP contribution is 2.15. The number of aromatic nitrogens is 6. The first-order valence-corrected chi connectivity index (χ1v) is 8.09. The van der Waals surface area contributed by atoms with E-state index in [1.165, 1.54) is 0 Å². The van der Waals surface area contributed by atoms with E-state index in [9.17, 15) is 0 Å². The van der Waals surface area contributed by atoms with Crippen LogP contribution in [0.2, 0.25) is 0 Å². The summed E-state index contributed by atoms with van der Waals surface area (Å²) in [5.74, 6) is 2.70. The van der Waals surface area contributed by atoms with Crippen molar-refractivity contribution in [2.75, 3.05) is 6.54 Å². The van der Waals surface area contributed by atoms with Crippen molar-refractivity contribution < 1.29 is 0 Å². The zero-order chi connectivity index (χ0) is 18.0. The fraction of sp³-hybridized carbons (Fsp3) is 0.647. The lowest BCUT2D eigenvalue weighted by Crippen LogP contribution is -2.24. The number of hydrogen-bond donors (Lipinski definition) is 0. The van der Waals surface area contributed by atoms with E-state index in [1.54, 1.807) is 0 Å². The van der Waals surface area contributed by atoms with E-state index in [0.717, 1.165) is 11.4 Å². The molecule has 24 heavy (non-hydrogen) atoms. The Bertz CT molecular complexity index is 652. The maximum atomic E-state index is 5.51. The summed E-state index contributed by atoms with van der Waals surface area (Å²) < 4.78 is 3.73. The summed E-state index contributed by atoms with van der Waals surface area (Å²) in [7, 11) is 0. The van der Waals surface area contributed by atoms with E-state index in [1.807, 2.05) is 21.8 Å². The molecule has 0 aliphatic carbocycles. The van der Waals surface area contributed by atoms with Crippen molar-refractivity contribution in [2.24, 2.45) is 0 Å². The second kappa shape index (κ2) is 6.73. The molecule has 2 aromatic rings. The van der Waals surface area contributed by atoms with E-state index in [0.29, 0.717) is 19.6 Å². The average molecular weight is 329 g/mol. The van der Waals surface area contributed by atoms with Crippen LogP contribution in [-0.2, 0) is 24.2 Å². The lowest BCUT2D eigenvalue weighted by molar-refractivity contribution is 0.283. The smallest absolute Gasteiger partial charge is 0.0967 e. The highest BCUT2D eigenvalue weighted by molar-refractivity contribution is 5.01. The van der Waals surface area contributed by atoms with Crippen LogP contribution in [0.5, 0.6) is 0 Å². The maximum absolute atomic E-state index is 5.51. The predicted octanol–water partition coefficient (Wildman–Crippen LogP) is 2.02. The van der Waals surface area contributed by atoms with Crippen LogP contribution < -0.4 is 0 Å². The van der Waals surface area contributed by atoms with Crippen LogP contribution in [-0.4, -0.2) is 41.4 Å². The SMILES string of the molecule is C#CCN(Cc1cn(C(C)(C)C)nn1)Cc1cn(C(C)(C)C)nn1. The number of rotatable bonds is 5. The number of hydrogen-bond acceptors (Lipinski definition) is 5. The Morgan fingerprint density at radius 1 is 0.917 bits per heavy atom. The van der Waals surface area contributed by atoms with E-state index in [2.05, 4.69) is 73.0 Å². The molecule has 0 aliphatic rings. The first-order valence-electron chi connectivity index (χ1n) is 8.09. The number of nitrogens with zero attached hydrogens (tertiary/aromatic N) is 7. The van der Waals surface area contributed by atoms with Gasteiger partial charge in [-0.25, -0.2) is 9.36 Å². The minimum absolute atomic E-state index is 0.0857. The molecule has 0 bridgehead atoms. The molecule has 7 nitrogen and oxygen atoms in total. The monoisotopic (exact) mass is 329 g/mol. The van der Waals surface area contributed by atoms with Gasteiger partial charge >= 0.3 is 0 Å². The molecular formula is C17H27N7. The summed E-state index contributed by atoms with van der Waals surface area (Å²) in [6.45, 7) is 14.3. The quantitative estimate of drug-likeness (QED) is 0.785. The summed E-state index contributed by atoms with van der Waals surface area (Å²) in [6.07, 6.45) is 9.45. The average Bonchev–Trinajstić information content (AvgIpc) is 3.06. The summed E-state index contributed by atoms with van der Waals surface area (Å²) in [5.41, 5.74) is 1.61. The molecule has 0 saturated carbocycles. The lowest BCUT2D eigenvalue weighted by Gasteiger charge is -2.19. The van der Waals surface area contributed by atoms with Crippen LogP contribution in [0, 0.1) is 12.3 Å². The van der Waals surface area contributed by atoms with Gasteiger partial charge in [-0.15, -0.1) is 16.6 Å². The summed E-state index contributed by atoms with van der Waals surface area (Å²) in [5, 5.41) is 16.9. The fourth-order valence-corrected chi connectivity index (χ4v) is 2.15. The second-order valence-electron chi connectivity index (χ2n) is 8.00. The molecule has 0 aromatic carbocycles. The van der Waals surface area contributed by atoms with Gasteiger partial charge in [-0.1, -0.05) is 16.3 Å². The van der Waals surface area contributed by atoms with Gasteiger partial charge in [0.2, 0.25) is 0 Å². The standard InChI is InChI=1S/C17H27N7/c1-8-9-22(10-14-12-23(20-18-14)16(2,3)4)11-15-13-24(21-19-15)17(5,6)7/h1,12-13H,9-11H2,2-7H3. The van der Waals surface area contributed by atoms with Crippen LogP contribution in [0.4, 0.5) is 0 Å². The fourth-order valence-electron chi connectivity index (χ4n) is 2.15. The van der Waals surface area contributed by atoms with Crippen molar-refractivity contribution in [3.63, 3.8) is 0 Å². The molecule has 2 heterocycles. The van der Waals surface area contributed by atoms with Gasteiger partial charge < -0.3 is 0 Å². The number of terminal acetylenes is 1. The third-order valence-corrected chi connectivity index (χ3v) is 3.54. The Morgan fingerprint density at radius 2 is 1.33 bits per heavy atom.